The maximum absolute atomic E-state index is 4.44. The van der Waals surface area contributed by atoms with Crippen LogP contribution in [0.3, 0.4) is 0 Å². The third-order valence-electron chi connectivity index (χ3n) is 3.13. The Labute approximate surface area is 91.9 Å². The maximum Gasteiger partial charge on any atom is 0.0683 e. The van der Waals surface area contributed by atoms with Crippen molar-refractivity contribution < 1.29 is 0 Å². The largest absolute Gasteiger partial charge is 0.297 e. The van der Waals surface area contributed by atoms with Crippen LogP contribution < -0.4 is 0 Å². The summed E-state index contributed by atoms with van der Waals surface area (Å²) < 4.78 is 0. The van der Waals surface area contributed by atoms with Crippen LogP contribution in [0.2, 0.25) is 0 Å². The molecule has 0 saturated heterocycles. The van der Waals surface area contributed by atoms with Gasteiger partial charge < -0.3 is 0 Å². The molecule has 0 unspecified atom stereocenters. The summed E-state index contributed by atoms with van der Waals surface area (Å²) in [4.78, 5) is 2.50. The minimum absolute atomic E-state index is 0.544. The molecule has 0 amide bonds. The van der Waals surface area contributed by atoms with Gasteiger partial charge in [-0.1, -0.05) is 20.8 Å². The zero-order chi connectivity index (χ0) is 10.8. The molecule has 84 valence electrons. The van der Waals surface area contributed by atoms with Crippen molar-refractivity contribution in [2.24, 2.45) is 0 Å². The van der Waals surface area contributed by atoms with Crippen molar-refractivity contribution in [1.82, 2.24) is 15.1 Å². The van der Waals surface area contributed by atoms with Crippen molar-refractivity contribution >= 4 is 0 Å². The predicted molar refractivity (Wildman–Crippen MR) is 61.9 cm³/mol. The van der Waals surface area contributed by atoms with Crippen molar-refractivity contribution in [3.63, 3.8) is 0 Å². The second kappa shape index (κ2) is 4.35. The molecule has 0 aromatic carbocycles. The van der Waals surface area contributed by atoms with Gasteiger partial charge in [0, 0.05) is 13.1 Å². The number of nitrogens with one attached hydrogen (secondary N) is 1. The molecule has 1 aromatic heterocycles. The van der Waals surface area contributed by atoms with E-state index in [-0.39, 0.29) is 0 Å². The van der Waals surface area contributed by atoms with Gasteiger partial charge in [0.15, 0.2) is 0 Å². The van der Waals surface area contributed by atoms with Crippen LogP contribution in [0.25, 0.3) is 0 Å². The van der Waals surface area contributed by atoms with Crippen LogP contribution in [0, 0.1) is 0 Å². The first-order valence-electron chi connectivity index (χ1n) is 6.00. The molecule has 0 atom stereocenters. The Morgan fingerprint density at radius 2 is 2.27 bits per heavy atom. The highest BCUT2D eigenvalue weighted by Gasteiger charge is 2.22. The zero-order valence-electron chi connectivity index (χ0n) is 10.0. The molecule has 1 N–H and O–H groups in total. The van der Waals surface area contributed by atoms with Gasteiger partial charge in [-0.15, -0.1) is 0 Å². The summed E-state index contributed by atoms with van der Waals surface area (Å²) in [6.45, 7) is 10.1. The highest BCUT2D eigenvalue weighted by Crippen LogP contribution is 2.24. The molecule has 1 aromatic rings. The van der Waals surface area contributed by atoms with Crippen molar-refractivity contribution in [1.29, 1.82) is 0 Å². The molecule has 3 heteroatoms. The number of aromatic amines is 1. The number of aromatic nitrogens is 2. The average molecular weight is 207 g/mol. The van der Waals surface area contributed by atoms with Gasteiger partial charge >= 0.3 is 0 Å². The molecular formula is C12H21N3. The van der Waals surface area contributed by atoms with E-state index < -0.39 is 0 Å². The lowest BCUT2D eigenvalue weighted by Crippen LogP contribution is -2.31. The van der Waals surface area contributed by atoms with Crippen molar-refractivity contribution in [2.45, 2.75) is 46.1 Å². The Morgan fingerprint density at radius 3 is 2.93 bits per heavy atom. The summed E-state index contributed by atoms with van der Waals surface area (Å²) in [5.74, 6) is 0.544. The summed E-state index contributed by atoms with van der Waals surface area (Å²) in [6, 6.07) is 0. The fourth-order valence-corrected chi connectivity index (χ4v) is 2.38. The van der Waals surface area contributed by atoms with Crippen LogP contribution in [-0.2, 0) is 13.0 Å². The van der Waals surface area contributed by atoms with Crippen LogP contribution in [0.15, 0.2) is 0 Å². The standard InChI is InChI=1S/C12H21N3/c1-4-6-15-7-5-10-11(8-15)13-14-12(10)9(2)3/h9H,4-8H2,1-3H3,(H,13,14). The summed E-state index contributed by atoms with van der Waals surface area (Å²) in [5, 5.41) is 7.64. The highest BCUT2D eigenvalue weighted by molar-refractivity contribution is 5.29. The predicted octanol–water partition coefficient (Wildman–Crippen LogP) is 2.30. The van der Waals surface area contributed by atoms with E-state index in [1.807, 2.05) is 0 Å². The van der Waals surface area contributed by atoms with Crippen molar-refractivity contribution in [3.8, 4) is 0 Å². The minimum atomic E-state index is 0.544. The van der Waals surface area contributed by atoms with Gasteiger partial charge in [0.2, 0.25) is 0 Å². The molecule has 1 aliphatic heterocycles. The van der Waals surface area contributed by atoms with Gasteiger partial charge in [-0.05, 0) is 30.9 Å². The smallest absolute Gasteiger partial charge is 0.0683 e. The SMILES string of the molecule is CCCN1CCc2c(C(C)C)n[nH]c2C1. The quantitative estimate of drug-likeness (QED) is 0.824. The second-order valence-corrected chi connectivity index (χ2v) is 4.75. The molecule has 2 heterocycles. The van der Waals surface area contributed by atoms with E-state index in [0.717, 1.165) is 6.54 Å². The maximum atomic E-state index is 4.44. The van der Waals surface area contributed by atoms with E-state index >= 15 is 0 Å². The Bertz CT molecular complexity index is 328. The Hall–Kier alpha value is -0.830. The molecule has 0 spiro atoms. The van der Waals surface area contributed by atoms with Crippen molar-refractivity contribution in [3.05, 3.63) is 17.0 Å². The third kappa shape index (κ3) is 2.07. The van der Waals surface area contributed by atoms with Crippen LogP contribution >= 0.6 is 0 Å². The van der Waals surface area contributed by atoms with E-state index in [4.69, 9.17) is 0 Å². The number of H-pyrrole nitrogens is 1. The van der Waals surface area contributed by atoms with E-state index in [2.05, 4.69) is 35.9 Å². The van der Waals surface area contributed by atoms with Gasteiger partial charge in [-0.3, -0.25) is 10.00 Å². The molecule has 0 aliphatic carbocycles. The van der Waals surface area contributed by atoms with Gasteiger partial charge in [0.1, 0.15) is 0 Å². The van der Waals surface area contributed by atoms with Crippen molar-refractivity contribution in [2.75, 3.05) is 13.1 Å². The zero-order valence-corrected chi connectivity index (χ0v) is 10.0. The fourth-order valence-electron chi connectivity index (χ4n) is 2.38. The summed E-state index contributed by atoms with van der Waals surface area (Å²) >= 11 is 0. The molecule has 0 bridgehead atoms. The van der Waals surface area contributed by atoms with Gasteiger partial charge in [-0.25, -0.2) is 0 Å². The van der Waals surface area contributed by atoms with Gasteiger partial charge in [0.05, 0.1) is 11.4 Å². The van der Waals surface area contributed by atoms with Gasteiger partial charge in [-0.2, -0.15) is 5.10 Å². The van der Waals surface area contributed by atoms with E-state index in [9.17, 15) is 0 Å². The first-order chi connectivity index (χ1) is 7.22. The molecule has 3 nitrogen and oxygen atoms in total. The van der Waals surface area contributed by atoms with Crippen LogP contribution in [0.4, 0.5) is 0 Å². The molecule has 0 saturated carbocycles. The molecule has 15 heavy (non-hydrogen) atoms. The third-order valence-corrected chi connectivity index (χ3v) is 3.13. The van der Waals surface area contributed by atoms with E-state index in [1.165, 1.54) is 42.9 Å². The lowest BCUT2D eigenvalue weighted by molar-refractivity contribution is 0.251. The fraction of sp³-hybridized carbons (Fsp3) is 0.750. The Kier molecular flexibility index (Phi) is 3.10. The Balaban J connectivity index is 2.15. The second-order valence-electron chi connectivity index (χ2n) is 4.75. The van der Waals surface area contributed by atoms with E-state index in [1.54, 1.807) is 0 Å². The monoisotopic (exact) mass is 207 g/mol. The molecule has 1 aliphatic rings. The average Bonchev–Trinajstić information content (AvgIpc) is 2.61. The summed E-state index contributed by atoms with van der Waals surface area (Å²) in [6.07, 6.45) is 2.40. The van der Waals surface area contributed by atoms with Crippen LogP contribution in [-0.4, -0.2) is 28.2 Å². The lowest BCUT2D eigenvalue weighted by atomic mass is 9.98. The highest BCUT2D eigenvalue weighted by atomic mass is 15.2. The summed E-state index contributed by atoms with van der Waals surface area (Å²) in [5.41, 5.74) is 4.11. The first-order valence-corrected chi connectivity index (χ1v) is 6.00. The van der Waals surface area contributed by atoms with Crippen LogP contribution in [0.5, 0.6) is 0 Å². The molecule has 2 rings (SSSR count). The number of nitrogens with zero attached hydrogens (tertiary/aromatic N) is 2. The molecular weight excluding hydrogens is 186 g/mol. The topological polar surface area (TPSA) is 31.9 Å². The number of hydrogen-bond acceptors (Lipinski definition) is 2. The van der Waals surface area contributed by atoms with Crippen LogP contribution in [0.1, 0.15) is 50.1 Å². The van der Waals surface area contributed by atoms with E-state index in [0.29, 0.717) is 5.92 Å². The molecule has 0 fully saturated rings. The first kappa shape index (κ1) is 10.7. The number of hydrogen-bond donors (Lipinski definition) is 1. The Morgan fingerprint density at radius 1 is 1.47 bits per heavy atom. The number of fused-ring (bicyclic) bond motifs is 1. The lowest BCUT2D eigenvalue weighted by Gasteiger charge is -2.26. The minimum Gasteiger partial charge on any atom is -0.297 e. The summed E-state index contributed by atoms with van der Waals surface area (Å²) in [7, 11) is 0. The number of rotatable bonds is 3. The van der Waals surface area contributed by atoms with Gasteiger partial charge in [0.25, 0.3) is 0 Å². The normalized spacial score (nSPS) is 17.1. The molecule has 0 radical (unpaired) electrons.